The van der Waals surface area contributed by atoms with Gasteiger partial charge in [-0.1, -0.05) is 53.6 Å². The summed E-state index contributed by atoms with van der Waals surface area (Å²) >= 11 is 0. The monoisotopic (exact) mass is 244 g/mol. The molecule has 0 aliphatic rings. The molecule has 1 aromatic carbocycles. The van der Waals surface area contributed by atoms with Gasteiger partial charge in [0.25, 0.3) is 0 Å². The minimum Gasteiger partial charge on any atom is -0.304 e. The van der Waals surface area contributed by atoms with Crippen LogP contribution in [0.4, 0.5) is 0 Å². The molecule has 0 saturated carbocycles. The lowest BCUT2D eigenvalue weighted by Gasteiger charge is -2.03. The van der Waals surface area contributed by atoms with Crippen LogP contribution in [0.2, 0.25) is 0 Å². The zero-order chi connectivity index (χ0) is 13.8. The fraction of sp³-hybridized carbons (Fsp3) is 0.353. The van der Waals surface area contributed by atoms with E-state index in [1.165, 1.54) is 23.6 Å². The highest BCUT2D eigenvalue weighted by molar-refractivity contribution is 5.44. The van der Waals surface area contributed by atoms with E-state index < -0.39 is 0 Å². The van der Waals surface area contributed by atoms with Crippen molar-refractivity contribution in [1.82, 2.24) is 0 Å². The van der Waals surface area contributed by atoms with Crippen molar-refractivity contribution in [2.45, 2.75) is 40.5 Å². The SMILES string of the molecule is C/C=C(\C=C(C)C)CCc1ccccc1.CC=O. The average molecular weight is 244 g/mol. The Hall–Kier alpha value is -1.63. The van der Waals surface area contributed by atoms with Crippen molar-refractivity contribution >= 4 is 6.29 Å². The lowest BCUT2D eigenvalue weighted by Crippen LogP contribution is -1.87. The minimum atomic E-state index is 0.750. The topological polar surface area (TPSA) is 17.1 Å². The Bertz CT molecular complexity index is 381. The van der Waals surface area contributed by atoms with E-state index in [-0.39, 0.29) is 0 Å². The second-order valence-corrected chi connectivity index (χ2v) is 4.31. The van der Waals surface area contributed by atoms with E-state index in [1.54, 1.807) is 0 Å². The number of allylic oxidation sites excluding steroid dienone is 4. The van der Waals surface area contributed by atoms with E-state index in [0.717, 1.165) is 19.1 Å². The molecule has 1 heteroatoms. The first-order valence-electron chi connectivity index (χ1n) is 6.37. The summed E-state index contributed by atoms with van der Waals surface area (Å²) in [6.07, 6.45) is 7.48. The fourth-order valence-electron chi connectivity index (χ4n) is 1.60. The third-order valence-electron chi connectivity index (χ3n) is 2.39. The first-order chi connectivity index (χ1) is 8.63. The largest absolute Gasteiger partial charge is 0.304 e. The van der Waals surface area contributed by atoms with Crippen molar-refractivity contribution in [3.63, 3.8) is 0 Å². The molecular formula is C17H24O. The second kappa shape index (κ2) is 10.5. The van der Waals surface area contributed by atoms with Gasteiger partial charge in [-0.2, -0.15) is 0 Å². The van der Waals surface area contributed by atoms with Crippen LogP contribution in [0.5, 0.6) is 0 Å². The highest BCUT2D eigenvalue weighted by atomic mass is 16.1. The summed E-state index contributed by atoms with van der Waals surface area (Å²) in [4.78, 5) is 8.81. The van der Waals surface area contributed by atoms with Gasteiger partial charge in [-0.15, -0.1) is 0 Å². The van der Waals surface area contributed by atoms with Gasteiger partial charge in [0.15, 0.2) is 0 Å². The second-order valence-electron chi connectivity index (χ2n) is 4.31. The van der Waals surface area contributed by atoms with Crippen molar-refractivity contribution < 1.29 is 4.79 Å². The zero-order valence-corrected chi connectivity index (χ0v) is 11.9. The Balaban J connectivity index is 0.000000873. The molecular weight excluding hydrogens is 220 g/mol. The van der Waals surface area contributed by atoms with E-state index in [1.807, 2.05) is 0 Å². The molecule has 1 nitrogen and oxygen atoms in total. The summed E-state index contributed by atoms with van der Waals surface area (Å²) in [5.41, 5.74) is 4.22. The van der Waals surface area contributed by atoms with Gasteiger partial charge in [0.1, 0.15) is 6.29 Å². The molecule has 0 aliphatic heterocycles. The Morgan fingerprint density at radius 2 is 1.67 bits per heavy atom. The van der Waals surface area contributed by atoms with E-state index in [0.29, 0.717) is 0 Å². The maximum absolute atomic E-state index is 8.81. The summed E-state index contributed by atoms with van der Waals surface area (Å²) in [6.45, 7) is 7.85. The molecule has 0 N–H and O–H groups in total. The molecule has 0 unspecified atom stereocenters. The van der Waals surface area contributed by atoms with Gasteiger partial charge in [-0.3, -0.25) is 0 Å². The normalized spacial score (nSPS) is 10.1. The molecule has 1 rings (SSSR count). The zero-order valence-electron chi connectivity index (χ0n) is 11.9. The molecule has 0 aliphatic carbocycles. The Morgan fingerprint density at radius 3 is 2.11 bits per heavy atom. The predicted molar refractivity (Wildman–Crippen MR) is 79.7 cm³/mol. The lowest BCUT2D eigenvalue weighted by molar-refractivity contribution is -0.106. The van der Waals surface area contributed by atoms with Crippen LogP contribution in [-0.2, 0) is 11.2 Å². The van der Waals surface area contributed by atoms with Gasteiger partial charge in [0.2, 0.25) is 0 Å². The Labute approximate surface area is 111 Å². The molecule has 98 valence electrons. The number of aryl methyl sites for hydroxylation is 1. The molecule has 0 radical (unpaired) electrons. The van der Waals surface area contributed by atoms with E-state index in [4.69, 9.17) is 4.79 Å². The van der Waals surface area contributed by atoms with Crippen molar-refractivity contribution in [1.29, 1.82) is 0 Å². The third kappa shape index (κ3) is 8.51. The van der Waals surface area contributed by atoms with Crippen molar-refractivity contribution in [3.05, 3.63) is 59.2 Å². The van der Waals surface area contributed by atoms with Gasteiger partial charge >= 0.3 is 0 Å². The van der Waals surface area contributed by atoms with Crippen LogP contribution in [0, 0.1) is 0 Å². The molecule has 1 aromatic rings. The molecule has 0 fully saturated rings. The summed E-state index contributed by atoms with van der Waals surface area (Å²) in [6, 6.07) is 10.7. The molecule has 0 spiro atoms. The van der Waals surface area contributed by atoms with Crippen LogP contribution >= 0.6 is 0 Å². The standard InChI is InChI=1S/C15H20.C2H4O/c1-4-14(12-13(2)3)10-11-15-8-6-5-7-9-15;1-2-3/h4-9,12H,10-11H2,1-3H3;2H,1H3/b14-4-;. The smallest absolute Gasteiger partial charge is 0.116 e. The first-order valence-corrected chi connectivity index (χ1v) is 6.37. The number of benzene rings is 1. The molecule has 0 bridgehead atoms. The molecule has 0 atom stereocenters. The highest BCUT2D eigenvalue weighted by Gasteiger charge is 1.95. The van der Waals surface area contributed by atoms with E-state index in [9.17, 15) is 0 Å². The maximum Gasteiger partial charge on any atom is 0.116 e. The summed E-state index contributed by atoms with van der Waals surface area (Å²) in [5.74, 6) is 0. The molecule has 0 saturated heterocycles. The number of hydrogen-bond acceptors (Lipinski definition) is 1. The van der Waals surface area contributed by atoms with Gasteiger partial charge in [0, 0.05) is 0 Å². The van der Waals surface area contributed by atoms with Crippen LogP contribution in [0.25, 0.3) is 0 Å². The van der Waals surface area contributed by atoms with Crippen LogP contribution in [0.3, 0.4) is 0 Å². The van der Waals surface area contributed by atoms with Crippen LogP contribution < -0.4 is 0 Å². The van der Waals surface area contributed by atoms with E-state index >= 15 is 0 Å². The molecule has 0 aromatic heterocycles. The van der Waals surface area contributed by atoms with Gasteiger partial charge < -0.3 is 4.79 Å². The van der Waals surface area contributed by atoms with Gasteiger partial charge in [0.05, 0.1) is 0 Å². The van der Waals surface area contributed by atoms with E-state index in [2.05, 4.69) is 63.3 Å². The van der Waals surface area contributed by atoms with Gasteiger partial charge in [-0.25, -0.2) is 0 Å². The average Bonchev–Trinajstić information content (AvgIpc) is 2.36. The Kier molecular flexibility index (Phi) is 9.57. The molecule has 18 heavy (non-hydrogen) atoms. The summed E-state index contributed by atoms with van der Waals surface area (Å²) in [7, 11) is 0. The number of aldehydes is 1. The first kappa shape index (κ1) is 16.4. The van der Waals surface area contributed by atoms with Crippen molar-refractivity contribution in [2.24, 2.45) is 0 Å². The Morgan fingerprint density at radius 1 is 1.11 bits per heavy atom. The highest BCUT2D eigenvalue weighted by Crippen LogP contribution is 2.11. The van der Waals surface area contributed by atoms with Crippen LogP contribution in [-0.4, -0.2) is 6.29 Å². The van der Waals surface area contributed by atoms with Gasteiger partial charge in [-0.05, 0) is 46.1 Å². The molecule has 0 heterocycles. The fourth-order valence-corrected chi connectivity index (χ4v) is 1.60. The van der Waals surface area contributed by atoms with Crippen LogP contribution in [0.15, 0.2) is 53.6 Å². The summed E-state index contributed by atoms with van der Waals surface area (Å²) < 4.78 is 0. The summed E-state index contributed by atoms with van der Waals surface area (Å²) in [5, 5.41) is 0. The number of carbonyl (C=O) groups excluding carboxylic acids is 1. The van der Waals surface area contributed by atoms with Crippen molar-refractivity contribution in [3.8, 4) is 0 Å². The molecule has 0 amide bonds. The maximum atomic E-state index is 8.81. The predicted octanol–water partition coefficient (Wildman–Crippen LogP) is 4.74. The third-order valence-corrected chi connectivity index (χ3v) is 2.39. The number of hydrogen-bond donors (Lipinski definition) is 0. The minimum absolute atomic E-state index is 0.750. The quantitative estimate of drug-likeness (QED) is 0.552. The van der Waals surface area contributed by atoms with Crippen molar-refractivity contribution in [2.75, 3.05) is 0 Å². The van der Waals surface area contributed by atoms with Crippen LogP contribution in [0.1, 0.15) is 39.7 Å². The lowest BCUT2D eigenvalue weighted by atomic mass is 10.0. The number of carbonyl (C=O) groups is 1. The number of rotatable bonds is 4.